The summed E-state index contributed by atoms with van der Waals surface area (Å²) in [6, 6.07) is 13.7. The molecule has 2 saturated heterocycles. The highest BCUT2D eigenvalue weighted by Crippen LogP contribution is 2.30. The standard InChI is InChI=1S/C24H29N3O2S/c1-18-9-14-26(15-10-18)23(28)19-11-16-27(17-12-19)24(29)21-8-5-13-25-22(21)30-20-6-3-2-4-7-20/h2-8,13,18-19H,9-12,14-17H2,1H3. The Hall–Kier alpha value is -2.34. The third kappa shape index (κ3) is 4.86. The van der Waals surface area contributed by atoms with Gasteiger partial charge in [-0.05, 0) is 55.9 Å². The molecule has 0 saturated carbocycles. The lowest BCUT2D eigenvalue weighted by molar-refractivity contribution is -0.138. The van der Waals surface area contributed by atoms with E-state index < -0.39 is 0 Å². The topological polar surface area (TPSA) is 53.5 Å². The number of carbonyl (C=O) groups is 2. The number of rotatable bonds is 4. The lowest BCUT2D eigenvalue weighted by Crippen LogP contribution is -2.46. The first-order chi connectivity index (χ1) is 14.6. The lowest BCUT2D eigenvalue weighted by Gasteiger charge is -2.36. The number of piperidine rings is 2. The summed E-state index contributed by atoms with van der Waals surface area (Å²) < 4.78 is 0. The summed E-state index contributed by atoms with van der Waals surface area (Å²) in [5.74, 6) is 1.07. The maximum atomic E-state index is 13.2. The number of nitrogens with zero attached hydrogens (tertiary/aromatic N) is 3. The molecule has 0 unspecified atom stereocenters. The van der Waals surface area contributed by atoms with E-state index in [4.69, 9.17) is 0 Å². The summed E-state index contributed by atoms with van der Waals surface area (Å²) >= 11 is 1.51. The maximum Gasteiger partial charge on any atom is 0.256 e. The van der Waals surface area contributed by atoms with Crippen LogP contribution in [0.1, 0.15) is 43.0 Å². The van der Waals surface area contributed by atoms with Crippen LogP contribution < -0.4 is 0 Å². The number of benzene rings is 1. The van der Waals surface area contributed by atoms with Crippen LogP contribution in [0, 0.1) is 11.8 Å². The molecule has 1 aromatic carbocycles. The smallest absolute Gasteiger partial charge is 0.256 e. The van der Waals surface area contributed by atoms with Crippen molar-refractivity contribution in [3.63, 3.8) is 0 Å². The van der Waals surface area contributed by atoms with Crippen molar-refractivity contribution >= 4 is 23.6 Å². The highest BCUT2D eigenvalue weighted by Gasteiger charge is 2.32. The number of aromatic nitrogens is 1. The van der Waals surface area contributed by atoms with Crippen LogP contribution in [0.4, 0.5) is 0 Å². The lowest BCUT2D eigenvalue weighted by atomic mass is 9.92. The van der Waals surface area contributed by atoms with Gasteiger partial charge in [-0.3, -0.25) is 9.59 Å². The Morgan fingerprint density at radius 2 is 1.57 bits per heavy atom. The first kappa shape index (κ1) is 20.9. The fourth-order valence-corrected chi connectivity index (χ4v) is 5.12. The van der Waals surface area contributed by atoms with Gasteiger partial charge in [-0.2, -0.15) is 0 Å². The molecule has 0 spiro atoms. The Balaban J connectivity index is 1.37. The summed E-state index contributed by atoms with van der Waals surface area (Å²) in [5.41, 5.74) is 0.640. The van der Waals surface area contributed by atoms with Crippen LogP contribution in [0.25, 0.3) is 0 Å². The third-order valence-corrected chi connectivity index (χ3v) is 7.21. The van der Waals surface area contributed by atoms with Gasteiger partial charge < -0.3 is 9.80 Å². The largest absolute Gasteiger partial charge is 0.342 e. The van der Waals surface area contributed by atoms with Crippen molar-refractivity contribution in [3.05, 3.63) is 54.2 Å². The van der Waals surface area contributed by atoms with Crippen LogP contribution in [0.15, 0.2) is 58.6 Å². The van der Waals surface area contributed by atoms with Crippen molar-refractivity contribution in [2.24, 2.45) is 11.8 Å². The zero-order valence-corrected chi connectivity index (χ0v) is 18.3. The number of hydrogen-bond donors (Lipinski definition) is 0. The van der Waals surface area contributed by atoms with E-state index >= 15 is 0 Å². The minimum Gasteiger partial charge on any atom is -0.342 e. The first-order valence-electron chi connectivity index (χ1n) is 10.9. The minimum absolute atomic E-state index is 0.0132. The zero-order valence-electron chi connectivity index (χ0n) is 17.5. The molecule has 0 bridgehead atoms. The molecule has 0 atom stereocenters. The monoisotopic (exact) mass is 423 g/mol. The number of pyridine rings is 1. The Morgan fingerprint density at radius 1 is 0.900 bits per heavy atom. The van der Waals surface area contributed by atoms with E-state index in [0.717, 1.165) is 54.6 Å². The number of carbonyl (C=O) groups excluding carboxylic acids is 2. The highest BCUT2D eigenvalue weighted by atomic mass is 32.2. The molecule has 30 heavy (non-hydrogen) atoms. The van der Waals surface area contributed by atoms with Gasteiger partial charge in [0, 0.05) is 43.2 Å². The predicted molar refractivity (Wildman–Crippen MR) is 118 cm³/mol. The number of hydrogen-bond acceptors (Lipinski definition) is 4. The summed E-state index contributed by atoms with van der Waals surface area (Å²) in [7, 11) is 0. The van der Waals surface area contributed by atoms with Gasteiger partial charge in [0.1, 0.15) is 5.03 Å². The molecule has 2 aromatic rings. The molecule has 2 amide bonds. The average molecular weight is 424 g/mol. The Bertz CT molecular complexity index is 873. The molecular formula is C24H29N3O2S. The van der Waals surface area contributed by atoms with E-state index in [1.54, 1.807) is 6.20 Å². The van der Waals surface area contributed by atoms with Gasteiger partial charge in [-0.25, -0.2) is 4.98 Å². The molecule has 1 aromatic heterocycles. The zero-order chi connectivity index (χ0) is 20.9. The van der Waals surface area contributed by atoms with E-state index in [9.17, 15) is 9.59 Å². The van der Waals surface area contributed by atoms with Crippen LogP contribution in [0.5, 0.6) is 0 Å². The summed E-state index contributed by atoms with van der Waals surface area (Å²) in [6.45, 7) is 5.28. The molecule has 2 aliphatic rings. The van der Waals surface area contributed by atoms with Gasteiger partial charge in [0.15, 0.2) is 0 Å². The molecule has 4 rings (SSSR count). The van der Waals surface area contributed by atoms with Crippen LogP contribution >= 0.6 is 11.8 Å². The van der Waals surface area contributed by atoms with Gasteiger partial charge >= 0.3 is 0 Å². The van der Waals surface area contributed by atoms with E-state index in [1.165, 1.54) is 11.8 Å². The summed E-state index contributed by atoms with van der Waals surface area (Å²) in [6.07, 6.45) is 5.43. The average Bonchev–Trinajstić information content (AvgIpc) is 2.80. The first-order valence-corrected chi connectivity index (χ1v) is 11.7. The second-order valence-electron chi connectivity index (χ2n) is 8.35. The number of likely N-dealkylation sites (tertiary alicyclic amines) is 2. The van der Waals surface area contributed by atoms with E-state index in [1.807, 2.05) is 52.3 Å². The molecule has 0 aliphatic carbocycles. The van der Waals surface area contributed by atoms with E-state index in [-0.39, 0.29) is 17.7 Å². The Kier molecular flexibility index (Phi) is 6.72. The van der Waals surface area contributed by atoms with Crippen molar-refractivity contribution in [2.75, 3.05) is 26.2 Å². The Morgan fingerprint density at radius 3 is 2.27 bits per heavy atom. The van der Waals surface area contributed by atoms with Crippen LogP contribution in [-0.4, -0.2) is 52.8 Å². The molecule has 158 valence electrons. The van der Waals surface area contributed by atoms with Crippen molar-refractivity contribution in [1.29, 1.82) is 0 Å². The van der Waals surface area contributed by atoms with Crippen molar-refractivity contribution in [1.82, 2.24) is 14.8 Å². The molecule has 0 radical (unpaired) electrons. The minimum atomic E-state index is 0.0132. The molecule has 5 nitrogen and oxygen atoms in total. The van der Waals surface area contributed by atoms with Crippen molar-refractivity contribution in [3.8, 4) is 0 Å². The molecule has 2 aliphatic heterocycles. The summed E-state index contributed by atoms with van der Waals surface area (Å²) in [4.78, 5) is 35.5. The normalized spacial score (nSPS) is 18.4. The predicted octanol–water partition coefficient (Wildman–Crippen LogP) is 4.34. The fourth-order valence-electron chi connectivity index (χ4n) is 4.22. The second-order valence-corrected chi connectivity index (χ2v) is 9.41. The van der Waals surface area contributed by atoms with Gasteiger partial charge in [0.2, 0.25) is 5.91 Å². The third-order valence-electron chi connectivity index (χ3n) is 6.19. The van der Waals surface area contributed by atoms with E-state index in [2.05, 4.69) is 11.9 Å². The van der Waals surface area contributed by atoms with Gasteiger partial charge in [-0.1, -0.05) is 36.9 Å². The van der Waals surface area contributed by atoms with Crippen LogP contribution in [0.3, 0.4) is 0 Å². The fraction of sp³-hybridized carbons (Fsp3) is 0.458. The van der Waals surface area contributed by atoms with Crippen molar-refractivity contribution < 1.29 is 9.59 Å². The van der Waals surface area contributed by atoms with Crippen molar-refractivity contribution in [2.45, 2.75) is 42.5 Å². The quantitative estimate of drug-likeness (QED) is 0.734. The Labute approximate surface area is 182 Å². The van der Waals surface area contributed by atoms with Crippen LogP contribution in [-0.2, 0) is 4.79 Å². The SMILES string of the molecule is CC1CCN(C(=O)C2CCN(C(=O)c3cccnc3Sc3ccccc3)CC2)CC1. The van der Waals surface area contributed by atoms with Crippen LogP contribution in [0.2, 0.25) is 0 Å². The molecule has 0 N–H and O–H groups in total. The van der Waals surface area contributed by atoms with Gasteiger partial charge in [0.25, 0.3) is 5.91 Å². The molecule has 3 heterocycles. The van der Waals surface area contributed by atoms with E-state index in [0.29, 0.717) is 18.7 Å². The maximum absolute atomic E-state index is 13.2. The summed E-state index contributed by atoms with van der Waals surface area (Å²) in [5, 5.41) is 0.731. The molecule has 6 heteroatoms. The van der Waals surface area contributed by atoms with Gasteiger partial charge in [-0.15, -0.1) is 0 Å². The number of amides is 2. The van der Waals surface area contributed by atoms with Gasteiger partial charge in [0.05, 0.1) is 5.56 Å². The molecular weight excluding hydrogens is 394 g/mol. The molecule has 2 fully saturated rings. The second kappa shape index (κ2) is 9.65. The highest BCUT2D eigenvalue weighted by molar-refractivity contribution is 7.99.